The molecule has 0 saturated heterocycles. The molecule has 0 fully saturated rings. The van der Waals surface area contributed by atoms with E-state index < -0.39 is 0 Å². The first kappa shape index (κ1) is 11.2. The van der Waals surface area contributed by atoms with Gasteiger partial charge in [-0.15, -0.1) is 0 Å². The van der Waals surface area contributed by atoms with Crippen molar-refractivity contribution in [3.63, 3.8) is 0 Å². The molecule has 0 bridgehead atoms. The molecular weight excluding hydrogens is 174 g/mol. The van der Waals surface area contributed by atoms with Gasteiger partial charge in [-0.25, -0.2) is 0 Å². The molecule has 2 heteroatoms. The Morgan fingerprint density at radius 2 is 2.00 bits per heavy atom. The van der Waals surface area contributed by atoms with Gasteiger partial charge < -0.3 is 10.5 Å². The second-order valence-electron chi connectivity index (χ2n) is 3.35. The summed E-state index contributed by atoms with van der Waals surface area (Å²) in [6.45, 7) is 3.59. The van der Waals surface area contributed by atoms with Gasteiger partial charge in [0.1, 0.15) is 0 Å². The molecule has 1 aromatic carbocycles. The van der Waals surface area contributed by atoms with Gasteiger partial charge in [0.15, 0.2) is 0 Å². The highest BCUT2D eigenvalue weighted by atomic mass is 16.5. The lowest BCUT2D eigenvalue weighted by Crippen LogP contribution is -2.11. The number of benzene rings is 1. The fourth-order valence-electron chi connectivity index (χ4n) is 1.43. The van der Waals surface area contributed by atoms with Crippen molar-refractivity contribution in [2.45, 2.75) is 25.9 Å². The van der Waals surface area contributed by atoms with Crippen molar-refractivity contribution in [2.75, 3.05) is 13.2 Å². The molecule has 14 heavy (non-hydrogen) atoms. The molecule has 78 valence electrons. The standard InChI is InChI=1S/C12H19NO/c1-2-10-14-12(8-9-13)11-6-4-3-5-7-11/h3-7,12H,2,8-10,13H2,1H3. The summed E-state index contributed by atoms with van der Waals surface area (Å²) in [5, 5.41) is 0. The van der Waals surface area contributed by atoms with E-state index in [-0.39, 0.29) is 6.10 Å². The van der Waals surface area contributed by atoms with E-state index in [9.17, 15) is 0 Å². The van der Waals surface area contributed by atoms with Crippen LogP contribution < -0.4 is 5.73 Å². The summed E-state index contributed by atoms with van der Waals surface area (Å²) in [7, 11) is 0. The van der Waals surface area contributed by atoms with Gasteiger partial charge in [-0.1, -0.05) is 37.3 Å². The Bertz CT molecular complexity index is 235. The summed E-state index contributed by atoms with van der Waals surface area (Å²) in [5.74, 6) is 0. The Balaban J connectivity index is 2.58. The van der Waals surface area contributed by atoms with Crippen LogP contribution in [-0.4, -0.2) is 13.2 Å². The minimum Gasteiger partial charge on any atom is -0.373 e. The molecule has 2 N–H and O–H groups in total. The van der Waals surface area contributed by atoms with E-state index in [0.717, 1.165) is 19.4 Å². The molecule has 1 unspecified atom stereocenters. The van der Waals surface area contributed by atoms with Gasteiger partial charge in [0, 0.05) is 6.61 Å². The molecule has 0 saturated carbocycles. The van der Waals surface area contributed by atoms with Crippen molar-refractivity contribution in [1.82, 2.24) is 0 Å². The van der Waals surface area contributed by atoms with Crippen molar-refractivity contribution in [3.05, 3.63) is 35.9 Å². The zero-order chi connectivity index (χ0) is 10.2. The molecule has 0 aliphatic heterocycles. The maximum atomic E-state index is 5.74. The van der Waals surface area contributed by atoms with Gasteiger partial charge in [0.25, 0.3) is 0 Å². The molecule has 0 heterocycles. The fraction of sp³-hybridized carbons (Fsp3) is 0.500. The van der Waals surface area contributed by atoms with Gasteiger partial charge in [-0.05, 0) is 24.9 Å². The van der Waals surface area contributed by atoms with Crippen LogP contribution in [0.3, 0.4) is 0 Å². The van der Waals surface area contributed by atoms with Crippen LogP contribution in [0, 0.1) is 0 Å². The van der Waals surface area contributed by atoms with Crippen LogP contribution in [-0.2, 0) is 4.74 Å². The molecule has 1 rings (SSSR count). The van der Waals surface area contributed by atoms with Crippen molar-refractivity contribution >= 4 is 0 Å². The SMILES string of the molecule is CCCOC(CCN)c1ccccc1. The van der Waals surface area contributed by atoms with Crippen LogP contribution in [0.5, 0.6) is 0 Å². The van der Waals surface area contributed by atoms with E-state index in [0.29, 0.717) is 6.54 Å². The van der Waals surface area contributed by atoms with Crippen LogP contribution >= 0.6 is 0 Å². The van der Waals surface area contributed by atoms with E-state index in [1.54, 1.807) is 0 Å². The normalized spacial score (nSPS) is 12.7. The maximum absolute atomic E-state index is 5.74. The third-order valence-electron chi connectivity index (χ3n) is 2.12. The van der Waals surface area contributed by atoms with Crippen LogP contribution in [0.4, 0.5) is 0 Å². The van der Waals surface area contributed by atoms with Gasteiger partial charge in [-0.2, -0.15) is 0 Å². The average Bonchev–Trinajstić information content (AvgIpc) is 2.25. The number of hydrogen-bond donors (Lipinski definition) is 1. The van der Waals surface area contributed by atoms with E-state index in [2.05, 4.69) is 19.1 Å². The third kappa shape index (κ3) is 3.48. The van der Waals surface area contributed by atoms with Crippen molar-refractivity contribution in [2.24, 2.45) is 5.73 Å². The van der Waals surface area contributed by atoms with Crippen LogP contribution in [0.25, 0.3) is 0 Å². The first-order valence-corrected chi connectivity index (χ1v) is 5.25. The molecule has 1 aromatic rings. The molecule has 2 nitrogen and oxygen atoms in total. The molecule has 0 spiro atoms. The van der Waals surface area contributed by atoms with Crippen LogP contribution in [0.15, 0.2) is 30.3 Å². The summed E-state index contributed by atoms with van der Waals surface area (Å²) < 4.78 is 5.74. The number of hydrogen-bond acceptors (Lipinski definition) is 2. The molecule has 0 aromatic heterocycles. The Hall–Kier alpha value is -0.860. The number of rotatable bonds is 6. The molecular formula is C12H19NO. The lowest BCUT2D eigenvalue weighted by molar-refractivity contribution is 0.0487. The fourth-order valence-corrected chi connectivity index (χ4v) is 1.43. The summed E-state index contributed by atoms with van der Waals surface area (Å²) in [5.41, 5.74) is 6.79. The first-order valence-electron chi connectivity index (χ1n) is 5.25. The quantitative estimate of drug-likeness (QED) is 0.753. The summed E-state index contributed by atoms with van der Waals surface area (Å²) in [4.78, 5) is 0. The second-order valence-corrected chi connectivity index (χ2v) is 3.35. The van der Waals surface area contributed by atoms with E-state index in [1.807, 2.05) is 18.2 Å². The van der Waals surface area contributed by atoms with Crippen molar-refractivity contribution in [1.29, 1.82) is 0 Å². The topological polar surface area (TPSA) is 35.2 Å². The average molecular weight is 193 g/mol. The molecule has 0 aliphatic rings. The van der Waals surface area contributed by atoms with E-state index in [4.69, 9.17) is 10.5 Å². The van der Waals surface area contributed by atoms with Crippen LogP contribution in [0.2, 0.25) is 0 Å². The maximum Gasteiger partial charge on any atom is 0.0836 e. The predicted octanol–water partition coefficient (Wildman–Crippen LogP) is 2.50. The zero-order valence-electron chi connectivity index (χ0n) is 8.78. The number of ether oxygens (including phenoxy) is 1. The molecule has 0 amide bonds. The van der Waals surface area contributed by atoms with Gasteiger partial charge >= 0.3 is 0 Å². The summed E-state index contributed by atoms with van der Waals surface area (Å²) in [6.07, 6.45) is 2.11. The second kappa shape index (κ2) is 6.57. The summed E-state index contributed by atoms with van der Waals surface area (Å²) in [6, 6.07) is 10.3. The van der Waals surface area contributed by atoms with Crippen molar-refractivity contribution < 1.29 is 4.74 Å². The van der Waals surface area contributed by atoms with E-state index in [1.165, 1.54) is 5.56 Å². The Labute approximate surface area is 86.1 Å². The van der Waals surface area contributed by atoms with Crippen LogP contribution in [0.1, 0.15) is 31.4 Å². The molecule has 0 aliphatic carbocycles. The smallest absolute Gasteiger partial charge is 0.0836 e. The monoisotopic (exact) mass is 193 g/mol. The lowest BCUT2D eigenvalue weighted by atomic mass is 10.1. The Kier molecular flexibility index (Phi) is 5.27. The van der Waals surface area contributed by atoms with Gasteiger partial charge in [0.2, 0.25) is 0 Å². The van der Waals surface area contributed by atoms with Gasteiger partial charge in [-0.3, -0.25) is 0 Å². The first-order chi connectivity index (χ1) is 6.88. The molecule has 0 radical (unpaired) electrons. The van der Waals surface area contributed by atoms with Gasteiger partial charge in [0.05, 0.1) is 6.10 Å². The van der Waals surface area contributed by atoms with Crippen molar-refractivity contribution in [3.8, 4) is 0 Å². The summed E-state index contributed by atoms with van der Waals surface area (Å²) >= 11 is 0. The minimum atomic E-state index is 0.168. The van der Waals surface area contributed by atoms with E-state index >= 15 is 0 Å². The lowest BCUT2D eigenvalue weighted by Gasteiger charge is -2.16. The highest BCUT2D eigenvalue weighted by Crippen LogP contribution is 2.20. The zero-order valence-corrected chi connectivity index (χ0v) is 8.78. The predicted molar refractivity (Wildman–Crippen MR) is 59.1 cm³/mol. The Morgan fingerprint density at radius 1 is 1.29 bits per heavy atom. The minimum absolute atomic E-state index is 0.168. The highest BCUT2D eigenvalue weighted by molar-refractivity contribution is 5.17. The Morgan fingerprint density at radius 3 is 2.57 bits per heavy atom. The number of nitrogens with two attached hydrogens (primary N) is 1. The third-order valence-corrected chi connectivity index (χ3v) is 2.12. The largest absolute Gasteiger partial charge is 0.373 e. The molecule has 1 atom stereocenters. The highest BCUT2D eigenvalue weighted by Gasteiger charge is 2.09.